The zero-order valence-corrected chi connectivity index (χ0v) is 10.4. The molecule has 5 nitrogen and oxygen atoms in total. The predicted molar refractivity (Wildman–Crippen MR) is 65.3 cm³/mol. The van der Waals surface area contributed by atoms with E-state index < -0.39 is 11.9 Å². The number of nitrogens with one attached hydrogen (secondary N) is 1. The fraction of sp³-hybridized carbons (Fsp3) is 0.385. The quantitative estimate of drug-likeness (QED) is 0.606. The van der Waals surface area contributed by atoms with Crippen molar-refractivity contribution in [3.8, 4) is 0 Å². The Balaban J connectivity index is 2.19. The summed E-state index contributed by atoms with van der Waals surface area (Å²) in [5, 5.41) is 8.59. The third-order valence-electron chi connectivity index (χ3n) is 3.16. The second-order valence-electron chi connectivity index (χ2n) is 4.66. The number of rotatable bonds is 2. The van der Waals surface area contributed by atoms with Crippen LogP contribution in [0, 0.1) is 13.8 Å². The van der Waals surface area contributed by atoms with Crippen LogP contribution in [0.1, 0.15) is 27.9 Å². The number of nitrogens with zero attached hydrogens (tertiary/aromatic N) is 1. The van der Waals surface area contributed by atoms with E-state index in [0.717, 1.165) is 11.1 Å². The normalized spacial score (nSPS) is 18.2. The van der Waals surface area contributed by atoms with Gasteiger partial charge in [0.2, 0.25) is 0 Å². The summed E-state index contributed by atoms with van der Waals surface area (Å²) in [5.74, 6) is -0.694. The van der Waals surface area contributed by atoms with Gasteiger partial charge in [-0.1, -0.05) is 17.2 Å². The molecule has 0 aliphatic carbocycles. The molecule has 0 aromatic heterocycles. The third-order valence-corrected chi connectivity index (χ3v) is 3.16. The van der Waals surface area contributed by atoms with Crippen molar-refractivity contribution in [2.24, 2.45) is 0 Å². The monoisotopic (exact) mass is 248 g/mol. The largest absolute Gasteiger partial charge is 0.326 e. The Morgan fingerprint density at radius 1 is 1.28 bits per heavy atom. The number of aryl methyl sites for hydroxylation is 2. The molecular weight excluding hydrogens is 232 g/mol. The lowest BCUT2D eigenvalue weighted by molar-refractivity contribution is -0.137. The number of hydrogen-bond donors (Lipinski definition) is 2. The molecule has 1 aromatic rings. The van der Waals surface area contributed by atoms with Crippen molar-refractivity contribution >= 4 is 11.8 Å². The Hall–Kier alpha value is -1.88. The van der Waals surface area contributed by atoms with E-state index in [9.17, 15) is 9.59 Å². The average molecular weight is 248 g/mol. The second kappa shape index (κ2) is 4.78. The van der Waals surface area contributed by atoms with Crippen molar-refractivity contribution in [3.05, 3.63) is 34.9 Å². The first-order valence-electron chi connectivity index (χ1n) is 5.86. The van der Waals surface area contributed by atoms with Crippen molar-refractivity contribution < 1.29 is 14.8 Å². The van der Waals surface area contributed by atoms with E-state index in [0.29, 0.717) is 18.5 Å². The summed E-state index contributed by atoms with van der Waals surface area (Å²) in [5.41, 5.74) is 4.21. The van der Waals surface area contributed by atoms with Gasteiger partial charge in [-0.3, -0.25) is 14.8 Å². The lowest BCUT2D eigenvalue weighted by Crippen LogP contribution is -2.57. The first-order valence-corrected chi connectivity index (χ1v) is 5.86. The van der Waals surface area contributed by atoms with E-state index in [1.165, 1.54) is 4.90 Å². The van der Waals surface area contributed by atoms with E-state index in [-0.39, 0.29) is 5.91 Å². The van der Waals surface area contributed by atoms with Crippen molar-refractivity contribution in [2.45, 2.75) is 26.3 Å². The van der Waals surface area contributed by atoms with Crippen molar-refractivity contribution in [1.82, 2.24) is 10.4 Å². The number of benzene rings is 1. The van der Waals surface area contributed by atoms with Crippen LogP contribution in [-0.2, 0) is 4.79 Å². The third kappa shape index (κ3) is 2.22. The topological polar surface area (TPSA) is 69.6 Å². The predicted octanol–water partition coefficient (Wildman–Crippen LogP) is 1.02. The molecule has 0 unspecified atom stereocenters. The van der Waals surface area contributed by atoms with E-state index >= 15 is 0 Å². The summed E-state index contributed by atoms with van der Waals surface area (Å²) in [6, 6.07) is 5.05. The molecule has 0 spiro atoms. The molecule has 1 aromatic carbocycles. The highest BCUT2D eigenvalue weighted by Crippen LogP contribution is 2.21. The summed E-state index contributed by atoms with van der Waals surface area (Å²) >= 11 is 0. The maximum Gasteiger partial charge on any atom is 0.266 e. The molecule has 1 fully saturated rings. The smallest absolute Gasteiger partial charge is 0.266 e. The van der Waals surface area contributed by atoms with Crippen molar-refractivity contribution in [3.63, 3.8) is 0 Å². The number of likely N-dealkylation sites (tertiary alicyclic amines) is 1. The van der Waals surface area contributed by atoms with Crippen LogP contribution in [0.2, 0.25) is 0 Å². The fourth-order valence-electron chi connectivity index (χ4n) is 2.24. The van der Waals surface area contributed by atoms with Gasteiger partial charge in [-0.2, -0.15) is 0 Å². The fourth-order valence-corrected chi connectivity index (χ4v) is 2.24. The zero-order valence-electron chi connectivity index (χ0n) is 10.4. The van der Waals surface area contributed by atoms with Gasteiger partial charge in [0.05, 0.1) is 0 Å². The highest BCUT2D eigenvalue weighted by atomic mass is 16.5. The minimum absolute atomic E-state index is 0.165. The molecular formula is C13H16N2O3. The second-order valence-corrected chi connectivity index (χ2v) is 4.66. The van der Waals surface area contributed by atoms with Crippen LogP contribution >= 0.6 is 0 Å². The number of hydroxylamine groups is 1. The van der Waals surface area contributed by atoms with Crippen LogP contribution in [-0.4, -0.2) is 34.5 Å². The van der Waals surface area contributed by atoms with Gasteiger partial charge >= 0.3 is 0 Å². The molecule has 96 valence electrons. The van der Waals surface area contributed by atoms with Gasteiger partial charge in [-0.25, -0.2) is 5.48 Å². The van der Waals surface area contributed by atoms with Gasteiger partial charge in [-0.05, 0) is 32.4 Å². The maximum atomic E-state index is 12.2. The Kier molecular flexibility index (Phi) is 3.34. The molecule has 2 amide bonds. The van der Waals surface area contributed by atoms with Crippen LogP contribution in [0.4, 0.5) is 0 Å². The van der Waals surface area contributed by atoms with Crippen LogP contribution in [0.15, 0.2) is 18.2 Å². The lowest BCUT2D eigenvalue weighted by Gasteiger charge is -2.39. The molecule has 2 rings (SSSR count). The maximum absolute atomic E-state index is 12.2. The first-order chi connectivity index (χ1) is 8.52. The summed E-state index contributed by atoms with van der Waals surface area (Å²) in [4.78, 5) is 25.0. The number of amides is 2. The standard InChI is InChI=1S/C13H16N2O3/c1-8-5-9(2)7-10(6-8)13(17)15-4-3-11(15)12(16)14-18/h5-7,11,18H,3-4H2,1-2H3,(H,14,16)/t11-/m1/s1. The highest BCUT2D eigenvalue weighted by Gasteiger charge is 2.37. The van der Waals surface area contributed by atoms with Crippen LogP contribution in [0.5, 0.6) is 0 Å². The first kappa shape index (κ1) is 12.6. The molecule has 2 N–H and O–H groups in total. The van der Waals surface area contributed by atoms with E-state index in [1.807, 2.05) is 32.0 Å². The Morgan fingerprint density at radius 3 is 2.33 bits per heavy atom. The van der Waals surface area contributed by atoms with Gasteiger partial charge in [-0.15, -0.1) is 0 Å². The summed E-state index contributed by atoms with van der Waals surface area (Å²) in [6.45, 7) is 4.40. The molecule has 0 bridgehead atoms. The summed E-state index contributed by atoms with van der Waals surface area (Å²) in [7, 11) is 0. The Labute approximate surface area is 105 Å². The molecule has 1 aliphatic rings. The molecule has 0 saturated carbocycles. The lowest BCUT2D eigenvalue weighted by atomic mass is 9.99. The number of carbonyl (C=O) groups is 2. The van der Waals surface area contributed by atoms with Gasteiger partial charge in [0.25, 0.3) is 11.8 Å². The van der Waals surface area contributed by atoms with Crippen molar-refractivity contribution in [1.29, 1.82) is 0 Å². The minimum Gasteiger partial charge on any atom is -0.326 e. The van der Waals surface area contributed by atoms with E-state index in [4.69, 9.17) is 5.21 Å². The molecule has 5 heteroatoms. The number of hydrogen-bond acceptors (Lipinski definition) is 3. The SMILES string of the molecule is Cc1cc(C)cc(C(=O)N2CC[C@@H]2C(=O)NO)c1. The van der Waals surface area contributed by atoms with E-state index in [1.54, 1.807) is 5.48 Å². The molecule has 1 saturated heterocycles. The molecule has 18 heavy (non-hydrogen) atoms. The minimum atomic E-state index is -0.552. The molecule has 1 aliphatic heterocycles. The molecule has 1 heterocycles. The van der Waals surface area contributed by atoms with Crippen molar-refractivity contribution in [2.75, 3.05) is 6.54 Å². The van der Waals surface area contributed by atoms with Gasteiger partial charge in [0, 0.05) is 12.1 Å². The van der Waals surface area contributed by atoms with Gasteiger partial charge in [0.1, 0.15) is 6.04 Å². The van der Waals surface area contributed by atoms with Crippen LogP contribution < -0.4 is 5.48 Å². The Bertz CT molecular complexity index is 479. The number of carbonyl (C=O) groups excluding carboxylic acids is 2. The highest BCUT2D eigenvalue weighted by molar-refractivity contribution is 5.98. The van der Waals surface area contributed by atoms with Gasteiger partial charge in [0.15, 0.2) is 0 Å². The zero-order chi connectivity index (χ0) is 13.3. The van der Waals surface area contributed by atoms with E-state index in [2.05, 4.69) is 0 Å². The molecule has 1 atom stereocenters. The summed E-state index contributed by atoms with van der Waals surface area (Å²) in [6.07, 6.45) is 0.586. The van der Waals surface area contributed by atoms with Gasteiger partial charge < -0.3 is 4.90 Å². The summed E-state index contributed by atoms with van der Waals surface area (Å²) < 4.78 is 0. The average Bonchev–Trinajstić information content (AvgIpc) is 2.25. The molecule has 0 radical (unpaired) electrons. The van der Waals surface area contributed by atoms with Crippen LogP contribution in [0.25, 0.3) is 0 Å². The van der Waals surface area contributed by atoms with Crippen LogP contribution in [0.3, 0.4) is 0 Å². The Morgan fingerprint density at radius 2 is 1.89 bits per heavy atom.